The molecular formula is C5H9BrNO. The summed E-state index contributed by atoms with van der Waals surface area (Å²) < 4.78 is 0. The Morgan fingerprint density at radius 1 is 2.00 bits per heavy atom. The minimum Gasteiger partial charge on any atom is -0.355 e. The van der Waals surface area contributed by atoms with Crippen molar-refractivity contribution in [2.24, 2.45) is 0 Å². The molecule has 47 valence electrons. The van der Waals surface area contributed by atoms with Crippen LogP contribution in [0.4, 0.5) is 0 Å². The summed E-state index contributed by atoms with van der Waals surface area (Å²) in [5.41, 5.74) is 0. The van der Waals surface area contributed by atoms with Gasteiger partial charge in [0.2, 0.25) is 5.91 Å². The zero-order valence-electron chi connectivity index (χ0n) is 4.78. The smallest absolute Gasteiger partial charge is 0.233 e. The summed E-state index contributed by atoms with van der Waals surface area (Å²) in [7, 11) is 0. The molecule has 1 atom stereocenters. The molecule has 0 saturated heterocycles. The molecule has 1 radical (unpaired) electrons. The van der Waals surface area contributed by atoms with E-state index in [-0.39, 0.29) is 10.7 Å². The average molecular weight is 179 g/mol. The minimum absolute atomic E-state index is 0.0139. The van der Waals surface area contributed by atoms with Gasteiger partial charge in [0.1, 0.15) is 0 Å². The Balaban J connectivity index is 3.33. The number of amides is 1. The van der Waals surface area contributed by atoms with Gasteiger partial charge in [-0.05, 0) is 13.8 Å². The van der Waals surface area contributed by atoms with Gasteiger partial charge in [-0.25, -0.2) is 0 Å². The Kier molecular flexibility index (Phi) is 3.87. The van der Waals surface area contributed by atoms with Crippen LogP contribution in [0.5, 0.6) is 0 Å². The Morgan fingerprint density at radius 3 is 2.62 bits per heavy atom. The van der Waals surface area contributed by atoms with E-state index in [4.69, 9.17) is 0 Å². The lowest BCUT2D eigenvalue weighted by molar-refractivity contribution is -0.119. The molecule has 1 unspecified atom stereocenters. The lowest BCUT2D eigenvalue weighted by Crippen LogP contribution is -2.28. The van der Waals surface area contributed by atoms with E-state index >= 15 is 0 Å². The molecule has 0 aromatic heterocycles. The molecule has 0 fully saturated rings. The Labute approximate surface area is 57.8 Å². The molecule has 8 heavy (non-hydrogen) atoms. The van der Waals surface area contributed by atoms with Gasteiger partial charge in [0.15, 0.2) is 0 Å². The monoisotopic (exact) mass is 178 g/mol. The highest BCUT2D eigenvalue weighted by Crippen LogP contribution is 1.94. The van der Waals surface area contributed by atoms with Crippen LogP contribution in [-0.2, 0) is 4.79 Å². The second-order valence-electron chi connectivity index (χ2n) is 1.41. The summed E-state index contributed by atoms with van der Waals surface area (Å²) in [6.07, 6.45) is 0. The first-order chi connectivity index (χ1) is 3.68. The first-order valence-corrected chi connectivity index (χ1v) is 3.31. The van der Waals surface area contributed by atoms with Crippen LogP contribution < -0.4 is 5.32 Å². The van der Waals surface area contributed by atoms with Crippen molar-refractivity contribution in [1.29, 1.82) is 0 Å². The summed E-state index contributed by atoms with van der Waals surface area (Å²) in [6.45, 7) is 5.68. The third-order valence-corrected chi connectivity index (χ3v) is 1.08. The Hall–Kier alpha value is -0.0500. The maximum atomic E-state index is 10.5. The minimum atomic E-state index is -0.107. The highest BCUT2D eigenvalue weighted by Gasteiger charge is 2.04. The maximum absolute atomic E-state index is 10.5. The molecule has 3 heteroatoms. The second kappa shape index (κ2) is 3.89. The first-order valence-electron chi connectivity index (χ1n) is 2.39. The van der Waals surface area contributed by atoms with Crippen molar-refractivity contribution in [3.8, 4) is 0 Å². The molecule has 1 amide bonds. The highest BCUT2D eigenvalue weighted by molar-refractivity contribution is 9.10. The number of carbonyl (C=O) groups is 1. The molecule has 0 aliphatic rings. The summed E-state index contributed by atoms with van der Waals surface area (Å²) in [5.74, 6) is -0.0139. The van der Waals surface area contributed by atoms with Gasteiger partial charge in [-0.3, -0.25) is 4.79 Å². The number of halogens is 1. The van der Waals surface area contributed by atoms with Gasteiger partial charge in [0.05, 0.1) is 4.83 Å². The normalized spacial score (nSPS) is 12.9. The van der Waals surface area contributed by atoms with Crippen molar-refractivity contribution in [1.82, 2.24) is 5.32 Å². The predicted octanol–water partition coefficient (Wildman–Crippen LogP) is 0.720. The van der Waals surface area contributed by atoms with E-state index in [0.29, 0.717) is 6.54 Å². The lowest BCUT2D eigenvalue weighted by atomic mass is 10.4. The van der Waals surface area contributed by atoms with E-state index in [2.05, 4.69) is 28.2 Å². The molecule has 1 N–H and O–H groups in total. The van der Waals surface area contributed by atoms with E-state index in [9.17, 15) is 4.79 Å². The van der Waals surface area contributed by atoms with Crippen LogP contribution >= 0.6 is 15.9 Å². The second-order valence-corrected chi connectivity index (χ2v) is 2.78. The SMILES string of the molecule is [CH2]CNC(=O)C(C)Br. The lowest BCUT2D eigenvalue weighted by Gasteiger charge is -2.00. The fraction of sp³-hybridized carbons (Fsp3) is 0.600. The van der Waals surface area contributed by atoms with Gasteiger partial charge >= 0.3 is 0 Å². The molecule has 0 heterocycles. The topological polar surface area (TPSA) is 29.1 Å². The fourth-order valence-corrected chi connectivity index (χ4v) is 0.426. The first kappa shape index (κ1) is 7.95. The fourth-order valence-electron chi connectivity index (χ4n) is 0.264. The number of hydrogen-bond acceptors (Lipinski definition) is 1. The van der Waals surface area contributed by atoms with Gasteiger partial charge in [0, 0.05) is 6.54 Å². The summed E-state index contributed by atoms with van der Waals surface area (Å²) in [4.78, 5) is 10.4. The third kappa shape index (κ3) is 3.02. The molecule has 0 aliphatic heterocycles. The summed E-state index contributed by atoms with van der Waals surface area (Å²) >= 11 is 3.10. The summed E-state index contributed by atoms with van der Waals surface area (Å²) in [5, 5.41) is 2.55. The maximum Gasteiger partial charge on any atom is 0.233 e. The quantitative estimate of drug-likeness (QED) is 0.621. The van der Waals surface area contributed by atoms with E-state index in [1.807, 2.05) is 0 Å². The number of rotatable bonds is 2. The van der Waals surface area contributed by atoms with Crippen LogP contribution in [0.25, 0.3) is 0 Å². The number of nitrogens with one attached hydrogen (secondary N) is 1. The summed E-state index contributed by atoms with van der Waals surface area (Å²) in [6, 6.07) is 0. The molecule has 0 aromatic carbocycles. The Bertz CT molecular complexity index is 82.5. The third-order valence-electron chi connectivity index (χ3n) is 0.661. The predicted molar refractivity (Wildman–Crippen MR) is 36.8 cm³/mol. The molecule has 0 saturated carbocycles. The van der Waals surface area contributed by atoms with Gasteiger partial charge in [-0.2, -0.15) is 0 Å². The van der Waals surface area contributed by atoms with Crippen molar-refractivity contribution in [2.75, 3.05) is 6.54 Å². The van der Waals surface area contributed by atoms with Crippen LogP contribution in [0.3, 0.4) is 0 Å². The van der Waals surface area contributed by atoms with E-state index in [1.165, 1.54) is 0 Å². The van der Waals surface area contributed by atoms with Crippen LogP contribution in [0.2, 0.25) is 0 Å². The zero-order valence-corrected chi connectivity index (χ0v) is 6.36. The van der Waals surface area contributed by atoms with Gasteiger partial charge in [0.25, 0.3) is 0 Å². The number of alkyl halides is 1. The number of hydrogen-bond donors (Lipinski definition) is 1. The van der Waals surface area contributed by atoms with Crippen LogP contribution in [-0.4, -0.2) is 17.3 Å². The van der Waals surface area contributed by atoms with Crippen molar-refractivity contribution < 1.29 is 4.79 Å². The van der Waals surface area contributed by atoms with Crippen molar-refractivity contribution >= 4 is 21.8 Å². The van der Waals surface area contributed by atoms with E-state index in [0.717, 1.165) is 0 Å². The van der Waals surface area contributed by atoms with Crippen LogP contribution in [0, 0.1) is 6.92 Å². The van der Waals surface area contributed by atoms with Crippen LogP contribution in [0.1, 0.15) is 6.92 Å². The molecule has 0 aromatic rings. The van der Waals surface area contributed by atoms with E-state index < -0.39 is 0 Å². The highest BCUT2D eigenvalue weighted by atomic mass is 79.9. The van der Waals surface area contributed by atoms with Gasteiger partial charge in [-0.1, -0.05) is 15.9 Å². The molecule has 0 bridgehead atoms. The number of carbonyl (C=O) groups excluding carboxylic acids is 1. The van der Waals surface area contributed by atoms with Crippen LogP contribution in [0.15, 0.2) is 0 Å². The molecular weight excluding hydrogens is 170 g/mol. The molecule has 2 nitrogen and oxygen atoms in total. The molecule has 0 aliphatic carbocycles. The molecule has 0 rings (SSSR count). The molecule has 0 spiro atoms. The standard InChI is InChI=1S/C5H9BrNO/c1-3-7-5(8)4(2)6/h4H,1,3H2,2H3,(H,7,8). The van der Waals surface area contributed by atoms with Crippen molar-refractivity contribution in [3.05, 3.63) is 6.92 Å². The Morgan fingerprint density at radius 2 is 2.50 bits per heavy atom. The van der Waals surface area contributed by atoms with Gasteiger partial charge < -0.3 is 5.32 Å². The van der Waals surface area contributed by atoms with Gasteiger partial charge in [-0.15, -0.1) is 0 Å². The zero-order chi connectivity index (χ0) is 6.57. The largest absolute Gasteiger partial charge is 0.355 e. The average Bonchev–Trinajstić information content (AvgIpc) is 1.67. The van der Waals surface area contributed by atoms with Crippen molar-refractivity contribution in [2.45, 2.75) is 11.8 Å². The van der Waals surface area contributed by atoms with Crippen molar-refractivity contribution in [3.63, 3.8) is 0 Å². The van der Waals surface area contributed by atoms with E-state index in [1.54, 1.807) is 6.92 Å².